The van der Waals surface area contributed by atoms with Crippen molar-refractivity contribution in [2.75, 3.05) is 20.2 Å². The number of methoxy groups -OCH3 is 1. The Hall–Kier alpha value is -1.07. The second-order valence-corrected chi connectivity index (χ2v) is 5.80. The summed E-state index contributed by atoms with van der Waals surface area (Å²) in [5.41, 5.74) is 1.48. The molecule has 1 fully saturated rings. The number of hydrogen-bond acceptors (Lipinski definition) is 4. The first-order valence-electron chi connectivity index (χ1n) is 6.92. The Kier molecular flexibility index (Phi) is 5.05. The number of hydrogen-bond donors (Lipinski definition) is 1. The van der Waals surface area contributed by atoms with Crippen molar-refractivity contribution in [3.8, 4) is 11.5 Å². The van der Waals surface area contributed by atoms with Gasteiger partial charge in [-0.15, -0.1) is 0 Å². The fourth-order valence-corrected chi connectivity index (χ4v) is 3.20. The molecule has 1 heterocycles. The number of ether oxygens (including phenoxy) is 1. The quantitative estimate of drug-likeness (QED) is 0.854. The highest BCUT2D eigenvalue weighted by molar-refractivity contribution is 9.10. The van der Waals surface area contributed by atoms with Crippen LogP contribution in [-0.4, -0.2) is 42.1 Å². The minimum absolute atomic E-state index is 0.201. The third-order valence-electron chi connectivity index (χ3n) is 3.73. The standard InChI is InChI=1S/C15H21BrN2O2/c1-4-18-9-5-6-13(18)17-10(2)14-12(19)8-7-11(16)15(14)20-3/h7-8,13,19H,4-6,9H2,1-3H3/b17-10+. The lowest BCUT2D eigenvalue weighted by Gasteiger charge is -2.20. The number of aromatic hydroxyl groups is 1. The number of aliphatic imine (C=N–C) groups is 1. The minimum atomic E-state index is 0.201. The molecule has 110 valence electrons. The summed E-state index contributed by atoms with van der Waals surface area (Å²) in [6.45, 7) is 6.18. The van der Waals surface area contributed by atoms with Gasteiger partial charge in [-0.3, -0.25) is 9.89 Å². The highest BCUT2D eigenvalue weighted by atomic mass is 79.9. The predicted octanol–water partition coefficient (Wildman–Crippen LogP) is 3.41. The van der Waals surface area contributed by atoms with Crippen LogP contribution in [0, 0.1) is 0 Å². The van der Waals surface area contributed by atoms with Crippen LogP contribution in [0.4, 0.5) is 0 Å². The van der Waals surface area contributed by atoms with Gasteiger partial charge >= 0.3 is 0 Å². The van der Waals surface area contributed by atoms with Crippen LogP contribution in [0.5, 0.6) is 11.5 Å². The van der Waals surface area contributed by atoms with Crippen LogP contribution in [0.2, 0.25) is 0 Å². The Morgan fingerprint density at radius 2 is 2.30 bits per heavy atom. The molecule has 1 saturated heterocycles. The van der Waals surface area contributed by atoms with Crippen LogP contribution in [0.25, 0.3) is 0 Å². The normalized spacial score (nSPS) is 20.4. The van der Waals surface area contributed by atoms with Crippen molar-refractivity contribution in [2.45, 2.75) is 32.9 Å². The lowest BCUT2D eigenvalue weighted by molar-refractivity contribution is 0.275. The molecule has 0 radical (unpaired) electrons. The number of benzene rings is 1. The van der Waals surface area contributed by atoms with Gasteiger partial charge in [0.05, 0.1) is 17.1 Å². The average Bonchev–Trinajstić information content (AvgIpc) is 2.87. The molecule has 0 amide bonds. The first-order valence-corrected chi connectivity index (χ1v) is 7.72. The van der Waals surface area contributed by atoms with Crippen molar-refractivity contribution in [3.63, 3.8) is 0 Å². The zero-order chi connectivity index (χ0) is 14.7. The summed E-state index contributed by atoms with van der Waals surface area (Å²) in [6.07, 6.45) is 2.46. The van der Waals surface area contributed by atoms with Gasteiger partial charge in [-0.2, -0.15) is 0 Å². The molecule has 20 heavy (non-hydrogen) atoms. The molecule has 1 aliphatic heterocycles. The van der Waals surface area contributed by atoms with Crippen molar-refractivity contribution in [1.29, 1.82) is 0 Å². The molecular formula is C15H21BrN2O2. The maximum Gasteiger partial charge on any atom is 0.145 e. The summed E-state index contributed by atoms with van der Waals surface area (Å²) in [4.78, 5) is 7.14. The van der Waals surface area contributed by atoms with Gasteiger partial charge in [0.2, 0.25) is 0 Å². The molecule has 0 saturated carbocycles. The monoisotopic (exact) mass is 340 g/mol. The Labute approximate surface area is 128 Å². The molecule has 1 aliphatic rings. The summed E-state index contributed by atoms with van der Waals surface area (Å²) < 4.78 is 6.21. The molecule has 1 atom stereocenters. The van der Waals surface area contributed by atoms with E-state index < -0.39 is 0 Å². The molecule has 1 N–H and O–H groups in total. The Bertz CT molecular complexity index is 517. The molecule has 5 heteroatoms. The molecule has 4 nitrogen and oxygen atoms in total. The van der Waals surface area contributed by atoms with Gasteiger partial charge in [0, 0.05) is 12.3 Å². The Morgan fingerprint density at radius 1 is 1.55 bits per heavy atom. The zero-order valence-corrected chi connectivity index (χ0v) is 13.8. The molecule has 2 rings (SSSR count). The molecule has 0 aliphatic carbocycles. The number of likely N-dealkylation sites (tertiary alicyclic amines) is 1. The van der Waals surface area contributed by atoms with Crippen molar-refractivity contribution >= 4 is 21.6 Å². The van der Waals surface area contributed by atoms with Crippen molar-refractivity contribution in [1.82, 2.24) is 4.90 Å². The first kappa shape index (κ1) is 15.3. The number of nitrogens with zero attached hydrogens (tertiary/aromatic N) is 2. The van der Waals surface area contributed by atoms with Gasteiger partial charge in [0.15, 0.2) is 0 Å². The third kappa shape index (κ3) is 2.99. The maximum absolute atomic E-state index is 10.1. The second kappa shape index (κ2) is 6.59. The predicted molar refractivity (Wildman–Crippen MR) is 84.8 cm³/mol. The molecule has 1 aromatic carbocycles. The van der Waals surface area contributed by atoms with E-state index in [1.807, 2.05) is 6.92 Å². The minimum Gasteiger partial charge on any atom is -0.507 e. The lowest BCUT2D eigenvalue weighted by Crippen LogP contribution is -2.28. The SMILES string of the molecule is CCN1CCCC1/N=C(\C)c1c(O)ccc(Br)c1OC. The number of phenolic OH excluding ortho intramolecular Hbond substituents is 1. The van der Waals surface area contributed by atoms with E-state index in [0.717, 1.165) is 29.7 Å². The van der Waals surface area contributed by atoms with E-state index in [2.05, 4.69) is 27.8 Å². The van der Waals surface area contributed by atoms with Gasteiger partial charge in [-0.05, 0) is 54.4 Å². The van der Waals surface area contributed by atoms with Crippen LogP contribution in [0.1, 0.15) is 32.3 Å². The highest BCUT2D eigenvalue weighted by Crippen LogP contribution is 2.36. The van der Waals surface area contributed by atoms with E-state index >= 15 is 0 Å². The summed E-state index contributed by atoms with van der Waals surface area (Å²) >= 11 is 3.45. The fraction of sp³-hybridized carbons (Fsp3) is 0.533. The van der Waals surface area contributed by atoms with Crippen molar-refractivity contribution in [2.24, 2.45) is 4.99 Å². The van der Waals surface area contributed by atoms with E-state index in [0.29, 0.717) is 11.3 Å². The topological polar surface area (TPSA) is 45.1 Å². The molecule has 1 unspecified atom stereocenters. The second-order valence-electron chi connectivity index (χ2n) is 4.94. The van der Waals surface area contributed by atoms with E-state index in [9.17, 15) is 5.11 Å². The first-order chi connectivity index (χ1) is 9.58. The van der Waals surface area contributed by atoms with Gasteiger partial charge in [0.1, 0.15) is 17.7 Å². The molecule has 0 bridgehead atoms. The van der Waals surface area contributed by atoms with Crippen molar-refractivity contribution in [3.05, 3.63) is 22.2 Å². The summed E-state index contributed by atoms with van der Waals surface area (Å²) in [5, 5.41) is 10.1. The van der Waals surface area contributed by atoms with Gasteiger partial charge < -0.3 is 9.84 Å². The zero-order valence-electron chi connectivity index (χ0n) is 12.2. The molecule has 0 spiro atoms. The average molecular weight is 341 g/mol. The van der Waals surface area contributed by atoms with Gasteiger partial charge in [0.25, 0.3) is 0 Å². The Morgan fingerprint density at radius 3 is 2.95 bits per heavy atom. The fourth-order valence-electron chi connectivity index (χ4n) is 2.71. The van der Waals surface area contributed by atoms with Crippen LogP contribution in [-0.2, 0) is 0 Å². The van der Waals surface area contributed by atoms with Gasteiger partial charge in [-0.25, -0.2) is 0 Å². The highest BCUT2D eigenvalue weighted by Gasteiger charge is 2.23. The smallest absolute Gasteiger partial charge is 0.145 e. The summed E-state index contributed by atoms with van der Waals surface area (Å²) in [6, 6.07) is 3.44. The number of halogens is 1. The van der Waals surface area contributed by atoms with Crippen molar-refractivity contribution < 1.29 is 9.84 Å². The van der Waals surface area contributed by atoms with Crippen LogP contribution >= 0.6 is 15.9 Å². The molecule has 1 aromatic rings. The Balaban J connectivity index is 2.38. The van der Waals surface area contributed by atoms with Crippen LogP contribution in [0.3, 0.4) is 0 Å². The third-order valence-corrected chi connectivity index (χ3v) is 4.36. The van der Waals surface area contributed by atoms with E-state index in [1.54, 1.807) is 19.2 Å². The largest absolute Gasteiger partial charge is 0.507 e. The summed E-state index contributed by atoms with van der Waals surface area (Å²) in [7, 11) is 1.60. The summed E-state index contributed by atoms with van der Waals surface area (Å²) in [5.74, 6) is 0.833. The van der Waals surface area contributed by atoms with Crippen LogP contribution in [0.15, 0.2) is 21.6 Å². The van der Waals surface area contributed by atoms with Gasteiger partial charge in [-0.1, -0.05) is 6.92 Å². The molecule has 0 aromatic heterocycles. The van der Waals surface area contributed by atoms with E-state index in [1.165, 1.54) is 6.42 Å². The van der Waals surface area contributed by atoms with Crippen LogP contribution < -0.4 is 4.74 Å². The number of rotatable bonds is 4. The lowest BCUT2D eigenvalue weighted by atomic mass is 10.1. The molecular weight excluding hydrogens is 320 g/mol. The van der Waals surface area contributed by atoms with E-state index in [4.69, 9.17) is 9.73 Å². The number of phenols is 1. The van der Waals surface area contributed by atoms with E-state index in [-0.39, 0.29) is 11.9 Å². The maximum atomic E-state index is 10.1.